The number of aromatic nitrogens is 2. The minimum absolute atomic E-state index is 0.634. The van der Waals surface area contributed by atoms with Crippen molar-refractivity contribution in [3.63, 3.8) is 0 Å². The number of anilines is 2. The topological polar surface area (TPSA) is 54.9 Å². The third-order valence-electron chi connectivity index (χ3n) is 3.14. The molecule has 0 saturated heterocycles. The maximum absolute atomic E-state index is 11.1. The van der Waals surface area contributed by atoms with Crippen molar-refractivity contribution < 1.29 is 4.79 Å². The van der Waals surface area contributed by atoms with Crippen LogP contribution in [0.15, 0.2) is 36.8 Å². The van der Waals surface area contributed by atoms with Crippen LogP contribution in [-0.2, 0) is 6.42 Å². The second-order valence-electron chi connectivity index (χ2n) is 4.71. The molecule has 2 aromatic rings. The van der Waals surface area contributed by atoms with Crippen LogP contribution in [0.3, 0.4) is 0 Å². The standard InChI is InChI=1S/C16H19N3O/c1-2-3-4-5-13-6-7-14(12-20)15(10-13)19-16-11-17-8-9-18-16/h6-12H,2-5H2,1H3,(H,18,19). The van der Waals surface area contributed by atoms with E-state index in [4.69, 9.17) is 0 Å². The molecule has 0 radical (unpaired) electrons. The zero-order valence-corrected chi connectivity index (χ0v) is 11.7. The second kappa shape index (κ2) is 7.38. The summed E-state index contributed by atoms with van der Waals surface area (Å²) in [6.07, 6.45) is 10.4. The lowest BCUT2D eigenvalue weighted by Crippen LogP contribution is -1.99. The largest absolute Gasteiger partial charge is 0.338 e. The number of aldehydes is 1. The Kier molecular flexibility index (Phi) is 5.24. The summed E-state index contributed by atoms with van der Waals surface area (Å²) in [6, 6.07) is 5.89. The van der Waals surface area contributed by atoms with Gasteiger partial charge in [-0.2, -0.15) is 0 Å². The fourth-order valence-corrected chi connectivity index (χ4v) is 2.05. The van der Waals surface area contributed by atoms with E-state index in [0.717, 1.165) is 18.4 Å². The van der Waals surface area contributed by atoms with Crippen molar-refractivity contribution in [2.45, 2.75) is 32.6 Å². The third-order valence-corrected chi connectivity index (χ3v) is 3.14. The molecule has 104 valence electrons. The molecule has 1 N–H and O–H groups in total. The highest BCUT2D eigenvalue weighted by atomic mass is 16.1. The van der Waals surface area contributed by atoms with Gasteiger partial charge < -0.3 is 5.32 Å². The average molecular weight is 269 g/mol. The number of nitrogens with one attached hydrogen (secondary N) is 1. The van der Waals surface area contributed by atoms with Crippen molar-refractivity contribution in [2.75, 3.05) is 5.32 Å². The Morgan fingerprint density at radius 1 is 1.25 bits per heavy atom. The number of carbonyl (C=O) groups excluding carboxylic acids is 1. The molecule has 0 amide bonds. The first-order chi connectivity index (χ1) is 9.83. The van der Waals surface area contributed by atoms with Gasteiger partial charge in [-0.15, -0.1) is 0 Å². The Morgan fingerprint density at radius 2 is 2.15 bits per heavy atom. The molecule has 0 aliphatic heterocycles. The van der Waals surface area contributed by atoms with E-state index in [9.17, 15) is 4.79 Å². The Morgan fingerprint density at radius 3 is 2.85 bits per heavy atom. The van der Waals surface area contributed by atoms with Crippen molar-refractivity contribution in [1.82, 2.24) is 9.97 Å². The third kappa shape index (κ3) is 3.88. The molecule has 0 unspecified atom stereocenters. The number of unbranched alkanes of at least 4 members (excludes halogenated alkanes) is 2. The molecule has 2 rings (SSSR count). The van der Waals surface area contributed by atoms with E-state index in [1.54, 1.807) is 18.6 Å². The Labute approximate surface area is 119 Å². The first kappa shape index (κ1) is 14.2. The molecule has 1 heterocycles. The Bertz CT molecular complexity index is 555. The number of aryl methyl sites for hydroxylation is 1. The molecular weight excluding hydrogens is 250 g/mol. The van der Waals surface area contributed by atoms with Crippen LogP contribution in [0.2, 0.25) is 0 Å². The monoisotopic (exact) mass is 269 g/mol. The second-order valence-corrected chi connectivity index (χ2v) is 4.71. The zero-order valence-electron chi connectivity index (χ0n) is 11.7. The zero-order chi connectivity index (χ0) is 14.2. The van der Waals surface area contributed by atoms with E-state index in [-0.39, 0.29) is 0 Å². The number of rotatable bonds is 7. The van der Waals surface area contributed by atoms with Gasteiger partial charge in [-0.3, -0.25) is 9.78 Å². The normalized spacial score (nSPS) is 10.2. The fraction of sp³-hybridized carbons (Fsp3) is 0.312. The molecule has 0 aliphatic rings. The summed E-state index contributed by atoms with van der Waals surface area (Å²) in [7, 11) is 0. The fourth-order valence-electron chi connectivity index (χ4n) is 2.05. The maximum Gasteiger partial charge on any atom is 0.152 e. The molecular formula is C16H19N3O. The van der Waals surface area contributed by atoms with Crippen LogP contribution in [0.1, 0.15) is 42.1 Å². The highest BCUT2D eigenvalue weighted by Gasteiger charge is 2.05. The number of nitrogens with zero attached hydrogens (tertiary/aromatic N) is 2. The summed E-state index contributed by atoms with van der Waals surface area (Å²) in [4.78, 5) is 19.3. The van der Waals surface area contributed by atoms with Crippen molar-refractivity contribution in [3.05, 3.63) is 47.9 Å². The highest BCUT2D eigenvalue weighted by molar-refractivity contribution is 5.85. The van der Waals surface area contributed by atoms with Crippen LogP contribution < -0.4 is 5.32 Å². The summed E-state index contributed by atoms with van der Waals surface area (Å²) in [5.74, 6) is 0.640. The molecule has 1 aromatic carbocycles. The summed E-state index contributed by atoms with van der Waals surface area (Å²) in [6.45, 7) is 2.19. The van der Waals surface area contributed by atoms with Crippen molar-refractivity contribution >= 4 is 17.8 Å². The van der Waals surface area contributed by atoms with Gasteiger partial charge in [-0.25, -0.2) is 4.98 Å². The van der Waals surface area contributed by atoms with Gasteiger partial charge in [0.15, 0.2) is 6.29 Å². The highest BCUT2D eigenvalue weighted by Crippen LogP contribution is 2.21. The van der Waals surface area contributed by atoms with Crippen LogP contribution >= 0.6 is 0 Å². The number of benzene rings is 1. The van der Waals surface area contributed by atoms with Gasteiger partial charge in [0, 0.05) is 18.0 Å². The van der Waals surface area contributed by atoms with E-state index in [0.29, 0.717) is 11.4 Å². The van der Waals surface area contributed by atoms with E-state index in [1.165, 1.54) is 24.8 Å². The Hall–Kier alpha value is -2.23. The van der Waals surface area contributed by atoms with Crippen molar-refractivity contribution in [2.24, 2.45) is 0 Å². The van der Waals surface area contributed by atoms with Gasteiger partial charge in [0.25, 0.3) is 0 Å². The van der Waals surface area contributed by atoms with Gasteiger partial charge in [0.1, 0.15) is 5.82 Å². The van der Waals surface area contributed by atoms with Gasteiger partial charge in [-0.05, 0) is 30.5 Å². The van der Waals surface area contributed by atoms with Crippen molar-refractivity contribution in [3.8, 4) is 0 Å². The first-order valence-corrected chi connectivity index (χ1v) is 6.94. The van der Waals surface area contributed by atoms with Gasteiger partial charge in [-0.1, -0.05) is 25.8 Å². The van der Waals surface area contributed by atoms with Gasteiger partial charge >= 0.3 is 0 Å². The van der Waals surface area contributed by atoms with Gasteiger partial charge in [0.2, 0.25) is 0 Å². The minimum Gasteiger partial charge on any atom is -0.338 e. The van der Waals surface area contributed by atoms with Gasteiger partial charge in [0.05, 0.1) is 11.9 Å². The van der Waals surface area contributed by atoms with Crippen molar-refractivity contribution in [1.29, 1.82) is 0 Å². The van der Waals surface area contributed by atoms with Crippen LogP contribution in [-0.4, -0.2) is 16.3 Å². The van der Waals surface area contributed by atoms with Crippen LogP contribution in [0, 0.1) is 0 Å². The van der Waals surface area contributed by atoms with E-state index >= 15 is 0 Å². The summed E-state index contributed by atoms with van der Waals surface area (Å²) in [5.41, 5.74) is 2.65. The SMILES string of the molecule is CCCCCc1ccc(C=O)c(Nc2cnccn2)c1. The molecule has 1 aromatic heterocycles. The minimum atomic E-state index is 0.634. The first-order valence-electron chi connectivity index (χ1n) is 6.94. The molecule has 0 spiro atoms. The number of hydrogen-bond donors (Lipinski definition) is 1. The van der Waals surface area contributed by atoms with E-state index < -0.39 is 0 Å². The molecule has 4 heteroatoms. The molecule has 0 saturated carbocycles. The van der Waals surface area contributed by atoms with E-state index in [2.05, 4.69) is 22.2 Å². The summed E-state index contributed by atoms with van der Waals surface area (Å²) < 4.78 is 0. The predicted octanol–water partition coefficient (Wildman–Crippen LogP) is 3.77. The molecule has 0 aliphatic carbocycles. The lowest BCUT2D eigenvalue weighted by atomic mass is 10.0. The van der Waals surface area contributed by atoms with E-state index in [1.807, 2.05) is 18.2 Å². The predicted molar refractivity (Wildman–Crippen MR) is 80.4 cm³/mol. The average Bonchev–Trinajstić information content (AvgIpc) is 2.49. The van der Waals surface area contributed by atoms with Crippen LogP contribution in [0.25, 0.3) is 0 Å². The summed E-state index contributed by atoms with van der Waals surface area (Å²) >= 11 is 0. The Balaban J connectivity index is 2.16. The lowest BCUT2D eigenvalue weighted by Gasteiger charge is -2.10. The van der Waals surface area contributed by atoms with Crippen LogP contribution in [0.4, 0.5) is 11.5 Å². The van der Waals surface area contributed by atoms with Crippen LogP contribution in [0.5, 0.6) is 0 Å². The molecule has 0 bridgehead atoms. The maximum atomic E-state index is 11.1. The summed E-state index contributed by atoms with van der Waals surface area (Å²) in [5, 5.41) is 3.15. The lowest BCUT2D eigenvalue weighted by molar-refractivity contribution is 0.112. The molecule has 0 fully saturated rings. The number of carbonyl (C=O) groups is 1. The number of hydrogen-bond acceptors (Lipinski definition) is 4. The quantitative estimate of drug-likeness (QED) is 0.614. The molecule has 20 heavy (non-hydrogen) atoms. The smallest absolute Gasteiger partial charge is 0.152 e. The molecule has 0 atom stereocenters. The molecule has 4 nitrogen and oxygen atoms in total.